The number of hydrogen-bond donors (Lipinski definition) is 1. The monoisotopic (exact) mass is 222 g/mol. The highest BCUT2D eigenvalue weighted by atomic mass is 32.2. The fourth-order valence-corrected chi connectivity index (χ4v) is 3.40. The van der Waals surface area contributed by atoms with Gasteiger partial charge in [0.2, 0.25) is 0 Å². The van der Waals surface area contributed by atoms with Crippen molar-refractivity contribution in [2.45, 2.75) is 17.4 Å². The van der Waals surface area contributed by atoms with Crippen molar-refractivity contribution < 1.29 is 8.42 Å². The van der Waals surface area contributed by atoms with Gasteiger partial charge in [0.15, 0.2) is 9.84 Å². The van der Waals surface area contributed by atoms with E-state index in [9.17, 15) is 8.42 Å². The molecular formula is C10H10N2O2S. The molecule has 0 aromatic heterocycles. The maximum absolute atomic E-state index is 11.7. The summed E-state index contributed by atoms with van der Waals surface area (Å²) in [4.78, 5) is 0.223. The summed E-state index contributed by atoms with van der Waals surface area (Å²) < 4.78 is 23.4. The predicted molar refractivity (Wildman–Crippen MR) is 54.8 cm³/mol. The Morgan fingerprint density at radius 1 is 1.47 bits per heavy atom. The Bertz CT molecular complexity index is 543. The van der Waals surface area contributed by atoms with Crippen LogP contribution < -0.4 is 5.73 Å². The molecule has 0 saturated heterocycles. The largest absolute Gasteiger partial charge is 0.324 e. The first kappa shape index (κ1) is 10.1. The van der Waals surface area contributed by atoms with Crippen LogP contribution in [0.3, 0.4) is 0 Å². The van der Waals surface area contributed by atoms with Gasteiger partial charge in [-0.25, -0.2) is 8.42 Å². The van der Waals surface area contributed by atoms with Crippen LogP contribution in [0.4, 0.5) is 0 Å². The second-order valence-electron chi connectivity index (χ2n) is 3.58. The van der Waals surface area contributed by atoms with Crippen LogP contribution in [0.5, 0.6) is 0 Å². The van der Waals surface area contributed by atoms with Gasteiger partial charge in [-0.05, 0) is 24.1 Å². The molecule has 0 spiro atoms. The van der Waals surface area contributed by atoms with E-state index in [2.05, 4.69) is 0 Å². The van der Waals surface area contributed by atoms with E-state index in [-0.39, 0.29) is 16.7 Å². The number of fused-ring (bicyclic) bond motifs is 1. The van der Waals surface area contributed by atoms with Crippen molar-refractivity contribution in [2.75, 3.05) is 5.75 Å². The number of nitrogens with zero attached hydrogens (tertiary/aromatic N) is 1. The smallest absolute Gasteiger partial charge is 0.178 e. The molecule has 78 valence electrons. The summed E-state index contributed by atoms with van der Waals surface area (Å²) in [5, 5.41) is 8.70. The van der Waals surface area contributed by atoms with E-state index in [1.165, 1.54) is 6.07 Å². The van der Waals surface area contributed by atoms with E-state index in [1.807, 2.05) is 6.07 Å². The Kier molecular flexibility index (Phi) is 2.25. The van der Waals surface area contributed by atoms with Crippen molar-refractivity contribution in [3.05, 3.63) is 29.3 Å². The summed E-state index contributed by atoms with van der Waals surface area (Å²) in [6.45, 7) is 0. The first-order chi connectivity index (χ1) is 7.04. The molecule has 0 radical (unpaired) electrons. The lowest BCUT2D eigenvalue weighted by Gasteiger charge is -2.22. The summed E-state index contributed by atoms with van der Waals surface area (Å²) in [6.07, 6.45) is 0.446. The molecule has 0 saturated carbocycles. The normalized spacial score (nSPS) is 22.8. The molecule has 1 atom stereocenters. The zero-order chi connectivity index (χ0) is 11.1. The van der Waals surface area contributed by atoms with Crippen molar-refractivity contribution in [2.24, 2.45) is 5.73 Å². The fraction of sp³-hybridized carbons (Fsp3) is 0.300. The zero-order valence-corrected chi connectivity index (χ0v) is 8.79. The molecule has 0 aliphatic carbocycles. The van der Waals surface area contributed by atoms with Gasteiger partial charge in [0.1, 0.15) is 0 Å². The van der Waals surface area contributed by atoms with Crippen LogP contribution in [0.2, 0.25) is 0 Å². The lowest BCUT2D eigenvalue weighted by atomic mass is 10.0. The third-order valence-corrected chi connectivity index (χ3v) is 4.37. The van der Waals surface area contributed by atoms with Crippen molar-refractivity contribution in [3.63, 3.8) is 0 Å². The average Bonchev–Trinajstić information content (AvgIpc) is 2.24. The molecule has 0 fully saturated rings. The molecule has 1 aliphatic rings. The first-order valence-corrected chi connectivity index (χ1v) is 6.22. The van der Waals surface area contributed by atoms with Gasteiger partial charge in [0.05, 0.1) is 22.3 Å². The van der Waals surface area contributed by atoms with Crippen molar-refractivity contribution >= 4 is 9.84 Å². The second-order valence-corrected chi connectivity index (χ2v) is 5.66. The molecule has 2 N–H and O–H groups in total. The number of hydrogen-bond acceptors (Lipinski definition) is 4. The molecule has 5 heteroatoms. The third-order valence-electron chi connectivity index (χ3n) is 2.57. The number of nitriles is 1. The van der Waals surface area contributed by atoms with Crippen molar-refractivity contribution in [1.29, 1.82) is 5.26 Å². The van der Waals surface area contributed by atoms with Crippen LogP contribution in [0.25, 0.3) is 0 Å². The van der Waals surface area contributed by atoms with E-state index < -0.39 is 9.84 Å². The second kappa shape index (κ2) is 3.33. The summed E-state index contributed by atoms with van der Waals surface area (Å²) in [7, 11) is -3.24. The molecular weight excluding hydrogens is 212 g/mol. The van der Waals surface area contributed by atoms with Gasteiger partial charge in [-0.2, -0.15) is 5.26 Å². The lowest BCUT2D eigenvalue weighted by Crippen LogP contribution is -2.25. The SMILES string of the molecule is N#Cc1ccc2c(c1)S(=O)(=O)CCC2N. The van der Waals surface area contributed by atoms with Gasteiger partial charge in [0.25, 0.3) is 0 Å². The predicted octanol–water partition coefficient (Wildman–Crippen LogP) is 0.735. The van der Waals surface area contributed by atoms with Crippen LogP contribution in [0, 0.1) is 11.3 Å². The number of benzene rings is 1. The topological polar surface area (TPSA) is 84.0 Å². The maximum Gasteiger partial charge on any atom is 0.178 e. The molecule has 0 amide bonds. The van der Waals surface area contributed by atoms with E-state index in [0.29, 0.717) is 17.5 Å². The first-order valence-electron chi connectivity index (χ1n) is 4.57. The minimum atomic E-state index is -3.24. The molecule has 1 aromatic rings. The maximum atomic E-state index is 11.7. The minimum absolute atomic E-state index is 0.0655. The third kappa shape index (κ3) is 1.62. The minimum Gasteiger partial charge on any atom is -0.324 e. The van der Waals surface area contributed by atoms with Crippen molar-refractivity contribution in [3.8, 4) is 6.07 Å². The van der Waals surface area contributed by atoms with E-state index >= 15 is 0 Å². The highest BCUT2D eigenvalue weighted by Gasteiger charge is 2.28. The van der Waals surface area contributed by atoms with Crippen molar-refractivity contribution in [1.82, 2.24) is 0 Å². The summed E-state index contributed by atoms with van der Waals surface area (Å²) >= 11 is 0. The molecule has 2 rings (SSSR count). The molecule has 15 heavy (non-hydrogen) atoms. The molecule has 1 aliphatic heterocycles. The van der Waals surface area contributed by atoms with Crippen LogP contribution in [0.1, 0.15) is 23.6 Å². The van der Waals surface area contributed by atoms with E-state index in [0.717, 1.165) is 0 Å². The molecule has 0 bridgehead atoms. The Balaban J connectivity index is 2.71. The molecule has 1 heterocycles. The Hall–Kier alpha value is -1.38. The number of rotatable bonds is 0. The van der Waals surface area contributed by atoms with Crippen LogP contribution in [0.15, 0.2) is 23.1 Å². The Morgan fingerprint density at radius 2 is 2.20 bits per heavy atom. The van der Waals surface area contributed by atoms with Gasteiger partial charge < -0.3 is 5.73 Å². The van der Waals surface area contributed by atoms with Crippen LogP contribution in [-0.2, 0) is 9.84 Å². The summed E-state index contributed by atoms with van der Waals surface area (Å²) in [6, 6.07) is 6.32. The quantitative estimate of drug-likeness (QED) is 0.701. The fourth-order valence-electron chi connectivity index (χ4n) is 1.73. The van der Waals surface area contributed by atoms with Gasteiger partial charge in [-0.15, -0.1) is 0 Å². The van der Waals surface area contributed by atoms with Gasteiger partial charge in [-0.1, -0.05) is 6.07 Å². The molecule has 1 unspecified atom stereocenters. The summed E-state index contributed by atoms with van der Waals surface area (Å²) in [5.41, 5.74) is 6.79. The summed E-state index contributed by atoms with van der Waals surface area (Å²) in [5.74, 6) is 0.0655. The highest BCUT2D eigenvalue weighted by Crippen LogP contribution is 2.31. The van der Waals surface area contributed by atoms with Crippen LogP contribution in [-0.4, -0.2) is 14.2 Å². The van der Waals surface area contributed by atoms with Crippen LogP contribution >= 0.6 is 0 Å². The number of sulfone groups is 1. The average molecular weight is 222 g/mol. The molecule has 4 nitrogen and oxygen atoms in total. The Morgan fingerprint density at radius 3 is 2.87 bits per heavy atom. The van der Waals surface area contributed by atoms with Gasteiger partial charge in [0, 0.05) is 6.04 Å². The van der Waals surface area contributed by atoms with Gasteiger partial charge in [-0.3, -0.25) is 0 Å². The zero-order valence-electron chi connectivity index (χ0n) is 7.97. The number of nitrogens with two attached hydrogens (primary N) is 1. The standard InChI is InChI=1S/C10H10N2O2S/c11-6-7-1-2-8-9(12)3-4-15(13,14)10(8)5-7/h1-2,5,9H,3-4,12H2. The Labute approximate surface area is 88.2 Å². The van der Waals surface area contributed by atoms with Gasteiger partial charge >= 0.3 is 0 Å². The molecule has 1 aromatic carbocycles. The highest BCUT2D eigenvalue weighted by molar-refractivity contribution is 7.91. The van der Waals surface area contributed by atoms with E-state index in [4.69, 9.17) is 11.0 Å². The lowest BCUT2D eigenvalue weighted by molar-refractivity contribution is 0.569. The van der Waals surface area contributed by atoms with E-state index in [1.54, 1.807) is 12.1 Å².